The van der Waals surface area contributed by atoms with Crippen molar-refractivity contribution >= 4 is 5.69 Å². The van der Waals surface area contributed by atoms with Gasteiger partial charge in [-0.15, -0.1) is 0 Å². The fourth-order valence-corrected chi connectivity index (χ4v) is 2.06. The highest BCUT2D eigenvalue weighted by Gasteiger charge is 2.17. The molecule has 1 aromatic rings. The van der Waals surface area contributed by atoms with Gasteiger partial charge in [0.25, 0.3) is 0 Å². The number of likely N-dealkylation sites (N-methyl/N-ethyl adjacent to an activating group) is 1. The first-order chi connectivity index (χ1) is 8.70. The minimum absolute atomic E-state index is 0.311. The van der Waals surface area contributed by atoms with Gasteiger partial charge in [0.05, 0.1) is 13.2 Å². The lowest BCUT2D eigenvalue weighted by molar-refractivity contribution is -0.0174. The lowest BCUT2D eigenvalue weighted by atomic mass is 10.1. The molecule has 0 bridgehead atoms. The van der Waals surface area contributed by atoms with Crippen LogP contribution in [0.25, 0.3) is 0 Å². The summed E-state index contributed by atoms with van der Waals surface area (Å²) < 4.78 is 15.9. The summed E-state index contributed by atoms with van der Waals surface area (Å²) in [6, 6.07) is 3.88. The average molecular weight is 252 g/mol. The van der Waals surface area contributed by atoms with Crippen molar-refractivity contribution < 1.29 is 14.2 Å². The van der Waals surface area contributed by atoms with Crippen LogP contribution in [-0.4, -0.2) is 39.0 Å². The topological polar surface area (TPSA) is 57.0 Å². The maximum Gasteiger partial charge on any atom is 0.189 e. The standard InChI is InChI=1S/C13H20N2O3/c1-15(3-4-16-2)7-10-5-12(14)6-11-8-17-9-18-13(10)11/h5-6H,3-4,7-9,14H2,1-2H3. The highest BCUT2D eigenvalue weighted by molar-refractivity contribution is 5.53. The first-order valence-electron chi connectivity index (χ1n) is 6.00. The van der Waals surface area contributed by atoms with E-state index in [-0.39, 0.29) is 0 Å². The molecule has 0 fully saturated rings. The van der Waals surface area contributed by atoms with Crippen molar-refractivity contribution in [2.45, 2.75) is 13.2 Å². The van der Waals surface area contributed by atoms with Gasteiger partial charge in [-0.2, -0.15) is 0 Å². The highest BCUT2D eigenvalue weighted by atomic mass is 16.7. The molecule has 1 aliphatic heterocycles. The number of nitrogens with two attached hydrogens (primary N) is 1. The molecule has 0 atom stereocenters. The number of nitrogen functional groups attached to an aromatic ring is 1. The highest BCUT2D eigenvalue weighted by Crippen LogP contribution is 2.31. The van der Waals surface area contributed by atoms with Crippen molar-refractivity contribution in [3.05, 3.63) is 23.3 Å². The fourth-order valence-electron chi connectivity index (χ4n) is 2.06. The summed E-state index contributed by atoms with van der Waals surface area (Å²) in [4.78, 5) is 2.18. The Morgan fingerprint density at radius 1 is 1.44 bits per heavy atom. The number of ether oxygens (including phenoxy) is 3. The van der Waals surface area contributed by atoms with Gasteiger partial charge >= 0.3 is 0 Å². The number of methoxy groups -OCH3 is 1. The van der Waals surface area contributed by atoms with E-state index in [1.54, 1.807) is 7.11 Å². The molecule has 0 saturated carbocycles. The van der Waals surface area contributed by atoms with Crippen molar-refractivity contribution in [3.63, 3.8) is 0 Å². The first-order valence-corrected chi connectivity index (χ1v) is 6.00. The van der Waals surface area contributed by atoms with Crippen LogP contribution in [0.1, 0.15) is 11.1 Å². The van der Waals surface area contributed by atoms with E-state index in [9.17, 15) is 0 Å². The van der Waals surface area contributed by atoms with E-state index in [1.165, 1.54) is 0 Å². The number of rotatable bonds is 5. The maximum atomic E-state index is 5.90. The lowest BCUT2D eigenvalue weighted by Crippen LogP contribution is -2.23. The molecule has 18 heavy (non-hydrogen) atoms. The van der Waals surface area contributed by atoms with Gasteiger partial charge in [-0.1, -0.05) is 0 Å². The molecule has 0 spiro atoms. The second kappa shape index (κ2) is 6.04. The average Bonchev–Trinajstić information content (AvgIpc) is 2.36. The van der Waals surface area contributed by atoms with Crippen molar-refractivity contribution in [2.24, 2.45) is 0 Å². The number of benzene rings is 1. The Hall–Kier alpha value is -1.30. The van der Waals surface area contributed by atoms with Gasteiger partial charge in [0.2, 0.25) is 0 Å². The second-order valence-electron chi connectivity index (χ2n) is 4.51. The molecule has 5 nitrogen and oxygen atoms in total. The molecule has 0 unspecified atom stereocenters. The van der Waals surface area contributed by atoms with Crippen LogP contribution in [-0.2, 0) is 22.6 Å². The number of nitrogens with zero attached hydrogens (tertiary/aromatic N) is 1. The lowest BCUT2D eigenvalue weighted by Gasteiger charge is -2.24. The third-order valence-corrected chi connectivity index (χ3v) is 2.93. The third kappa shape index (κ3) is 3.13. The second-order valence-corrected chi connectivity index (χ2v) is 4.51. The maximum absolute atomic E-state index is 5.90. The van der Waals surface area contributed by atoms with E-state index < -0.39 is 0 Å². The zero-order chi connectivity index (χ0) is 13.0. The van der Waals surface area contributed by atoms with Crippen LogP contribution in [0.15, 0.2) is 12.1 Å². The SMILES string of the molecule is COCCN(C)Cc1cc(N)cc2c1OCOC2. The number of hydrogen-bond acceptors (Lipinski definition) is 5. The Morgan fingerprint density at radius 2 is 2.28 bits per heavy atom. The number of hydrogen-bond donors (Lipinski definition) is 1. The molecule has 2 rings (SSSR count). The van der Waals surface area contributed by atoms with Crippen LogP contribution in [0.2, 0.25) is 0 Å². The van der Waals surface area contributed by atoms with Crippen molar-refractivity contribution in [2.75, 3.05) is 39.8 Å². The van der Waals surface area contributed by atoms with Gasteiger partial charge < -0.3 is 19.9 Å². The van der Waals surface area contributed by atoms with Crippen LogP contribution in [0.4, 0.5) is 5.69 Å². The molecule has 100 valence electrons. The van der Waals surface area contributed by atoms with Crippen LogP contribution in [0.5, 0.6) is 5.75 Å². The summed E-state index contributed by atoms with van der Waals surface area (Å²) in [6.07, 6.45) is 0. The van der Waals surface area contributed by atoms with Gasteiger partial charge in [0.1, 0.15) is 5.75 Å². The van der Waals surface area contributed by atoms with Gasteiger partial charge in [0.15, 0.2) is 6.79 Å². The summed E-state index contributed by atoms with van der Waals surface area (Å²) in [5.41, 5.74) is 8.78. The number of anilines is 1. The zero-order valence-electron chi connectivity index (χ0n) is 10.9. The van der Waals surface area contributed by atoms with Gasteiger partial charge in [0, 0.05) is 37.0 Å². The largest absolute Gasteiger partial charge is 0.467 e. The summed E-state index contributed by atoms with van der Waals surface area (Å²) in [6.45, 7) is 3.25. The smallest absolute Gasteiger partial charge is 0.189 e. The Morgan fingerprint density at radius 3 is 3.06 bits per heavy atom. The van der Waals surface area contributed by atoms with Crippen LogP contribution in [0, 0.1) is 0 Å². The van der Waals surface area contributed by atoms with Crippen LogP contribution < -0.4 is 10.5 Å². The van der Waals surface area contributed by atoms with Crippen molar-refractivity contribution in [1.82, 2.24) is 4.90 Å². The zero-order valence-corrected chi connectivity index (χ0v) is 10.9. The molecule has 1 aromatic carbocycles. The molecule has 0 amide bonds. The normalized spacial score (nSPS) is 14.4. The molecule has 1 heterocycles. The van der Waals surface area contributed by atoms with Crippen molar-refractivity contribution in [3.8, 4) is 5.75 Å². The predicted octanol–water partition coefficient (Wildman–Crippen LogP) is 1.21. The van der Waals surface area contributed by atoms with Gasteiger partial charge in [-0.3, -0.25) is 4.90 Å². The minimum atomic E-state index is 0.311. The molecule has 0 aliphatic carbocycles. The van der Waals surface area contributed by atoms with E-state index in [4.69, 9.17) is 19.9 Å². The molecule has 0 aromatic heterocycles. The first kappa shape index (κ1) is 13.1. The summed E-state index contributed by atoms with van der Waals surface area (Å²) in [5, 5.41) is 0. The Labute approximate surface area is 107 Å². The van der Waals surface area contributed by atoms with Gasteiger partial charge in [-0.05, 0) is 19.2 Å². The quantitative estimate of drug-likeness (QED) is 0.798. The van der Waals surface area contributed by atoms with Crippen LogP contribution in [0.3, 0.4) is 0 Å². The third-order valence-electron chi connectivity index (χ3n) is 2.93. The Bertz CT molecular complexity index is 409. The van der Waals surface area contributed by atoms with E-state index in [0.29, 0.717) is 20.0 Å². The molecular weight excluding hydrogens is 232 g/mol. The minimum Gasteiger partial charge on any atom is -0.467 e. The molecule has 2 N–H and O–H groups in total. The van der Waals surface area contributed by atoms with Gasteiger partial charge in [-0.25, -0.2) is 0 Å². The number of fused-ring (bicyclic) bond motifs is 1. The summed E-state index contributed by atoms with van der Waals surface area (Å²) >= 11 is 0. The van der Waals surface area contributed by atoms with Crippen LogP contribution >= 0.6 is 0 Å². The van der Waals surface area contributed by atoms with E-state index >= 15 is 0 Å². The summed E-state index contributed by atoms with van der Waals surface area (Å²) in [7, 11) is 3.75. The molecule has 0 radical (unpaired) electrons. The van der Waals surface area contributed by atoms with E-state index in [2.05, 4.69) is 4.90 Å². The van der Waals surface area contributed by atoms with Crippen molar-refractivity contribution in [1.29, 1.82) is 0 Å². The predicted molar refractivity (Wildman–Crippen MR) is 69.3 cm³/mol. The Kier molecular flexibility index (Phi) is 4.41. The molecule has 0 saturated heterocycles. The Balaban J connectivity index is 2.13. The summed E-state index contributed by atoms with van der Waals surface area (Å²) in [5.74, 6) is 0.916. The molecular formula is C13H20N2O3. The molecule has 1 aliphatic rings. The van der Waals surface area contributed by atoms with E-state index in [0.717, 1.165) is 35.7 Å². The molecule has 5 heteroatoms. The monoisotopic (exact) mass is 252 g/mol. The fraction of sp³-hybridized carbons (Fsp3) is 0.538. The van der Waals surface area contributed by atoms with E-state index in [1.807, 2.05) is 19.2 Å².